The number of benzene rings is 2. The summed E-state index contributed by atoms with van der Waals surface area (Å²) < 4.78 is 0. The Bertz CT molecular complexity index is 902. The largest absolute Gasteiger partial charge is 0.334 e. The van der Waals surface area contributed by atoms with Gasteiger partial charge in [0.1, 0.15) is 0 Å². The Labute approximate surface area is 175 Å². The predicted molar refractivity (Wildman–Crippen MR) is 111 cm³/mol. The molecule has 28 heavy (non-hydrogen) atoms. The van der Waals surface area contributed by atoms with Crippen LogP contribution in [-0.2, 0) is 4.79 Å². The molecule has 1 saturated heterocycles. The highest BCUT2D eigenvalue weighted by Crippen LogP contribution is 2.47. The molecule has 1 unspecified atom stereocenters. The minimum atomic E-state index is -0.267. The van der Waals surface area contributed by atoms with Crippen LogP contribution in [0.5, 0.6) is 0 Å². The molecule has 5 heteroatoms. The third kappa shape index (κ3) is 4.04. The fraction of sp³-hybridized carbons (Fsp3) is 0.391. The first-order valence-electron chi connectivity index (χ1n) is 9.75. The maximum Gasteiger partial charge on any atom is 0.227 e. The molecule has 1 heterocycles. The molecule has 3 nitrogen and oxygen atoms in total. The number of carbonyl (C=O) groups excluding carboxylic acids is 1. The molecule has 2 aromatic carbocycles. The van der Waals surface area contributed by atoms with Gasteiger partial charge in [0.15, 0.2) is 0 Å². The van der Waals surface area contributed by atoms with E-state index in [0.717, 1.165) is 17.7 Å². The minimum Gasteiger partial charge on any atom is -0.334 e. The van der Waals surface area contributed by atoms with Gasteiger partial charge in [-0.25, -0.2) is 0 Å². The van der Waals surface area contributed by atoms with E-state index in [2.05, 4.69) is 12.1 Å². The van der Waals surface area contributed by atoms with Gasteiger partial charge in [-0.3, -0.25) is 4.79 Å². The third-order valence-corrected chi connectivity index (χ3v) is 6.35. The van der Waals surface area contributed by atoms with Gasteiger partial charge in [-0.05, 0) is 60.6 Å². The molecule has 2 aliphatic rings. The van der Waals surface area contributed by atoms with Crippen molar-refractivity contribution in [3.8, 4) is 6.07 Å². The van der Waals surface area contributed by atoms with Gasteiger partial charge in [0.2, 0.25) is 5.91 Å². The van der Waals surface area contributed by atoms with Gasteiger partial charge in [0, 0.05) is 28.9 Å². The van der Waals surface area contributed by atoms with E-state index in [1.807, 2.05) is 47.4 Å². The summed E-state index contributed by atoms with van der Waals surface area (Å²) in [5.41, 5.74) is 2.20. The molecule has 0 bridgehead atoms. The lowest BCUT2D eigenvalue weighted by Crippen LogP contribution is -2.47. The number of nitriles is 1. The zero-order valence-corrected chi connectivity index (χ0v) is 17.0. The van der Waals surface area contributed by atoms with Crippen LogP contribution in [-0.4, -0.2) is 17.4 Å². The van der Waals surface area contributed by atoms with Crippen LogP contribution in [0, 0.1) is 23.2 Å². The Morgan fingerprint density at radius 2 is 1.79 bits per heavy atom. The van der Waals surface area contributed by atoms with E-state index in [0.29, 0.717) is 22.4 Å². The van der Waals surface area contributed by atoms with E-state index in [1.54, 1.807) is 0 Å². The lowest BCUT2D eigenvalue weighted by Gasteiger charge is -2.45. The predicted octanol–water partition coefficient (Wildman–Crippen LogP) is 5.99. The maximum atomic E-state index is 13.3. The summed E-state index contributed by atoms with van der Waals surface area (Å²) in [6.45, 7) is 0.755. The quantitative estimate of drug-likeness (QED) is 0.604. The first-order valence-corrected chi connectivity index (χ1v) is 10.5. The molecule has 3 atom stereocenters. The van der Waals surface area contributed by atoms with Crippen molar-refractivity contribution in [1.82, 2.24) is 4.90 Å². The number of piperidine rings is 1. The van der Waals surface area contributed by atoms with Crippen molar-refractivity contribution in [1.29, 1.82) is 5.26 Å². The lowest BCUT2D eigenvalue weighted by atomic mass is 9.75. The highest BCUT2D eigenvalue weighted by molar-refractivity contribution is 6.30. The van der Waals surface area contributed by atoms with Crippen molar-refractivity contribution < 1.29 is 4.79 Å². The summed E-state index contributed by atoms with van der Waals surface area (Å²) in [7, 11) is 0. The number of likely N-dealkylation sites (tertiary alicyclic amines) is 1. The van der Waals surface area contributed by atoms with Crippen LogP contribution in [0.1, 0.15) is 48.8 Å². The smallest absolute Gasteiger partial charge is 0.227 e. The van der Waals surface area contributed by atoms with Crippen LogP contribution in [0.25, 0.3) is 0 Å². The minimum absolute atomic E-state index is 0.0706. The molecular formula is C23H22Cl2N2O. The average molecular weight is 413 g/mol. The van der Waals surface area contributed by atoms with E-state index in [9.17, 15) is 10.1 Å². The Morgan fingerprint density at radius 1 is 1.04 bits per heavy atom. The summed E-state index contributed by atoms with van der Waals surface area (Å²) in [4.78, 5) is 15.3. The first kappa shape index (κ1) is 19.3. The van der Waals surface area contributed by atoms with Gasteiger partial charge in [-0.2, -0.15) is 5.26 Å². The van der Waals surface area contributed by atoms with E-state index in [-0.39, 0.29) is 30.2 Å². The molecule has 1 amide bonds. The first-order chi connectivity index (χ1) is 13.6. The molecule has 1 saturated carbocycles. The van der Waals surface area contributed by atoms with Crippen molar-refractivity contribution in [2.45, 2.75) is 37.6 Å². The number of carbonyl (C=O) groups is 1. The average Bonchev–Trinajstić information content (AvgIpc) is 3.50. The normalized spacial score (nSPS) is 24.8. The van der Waals surface area contributed by atoms with Crippen molar-refractivity contribution in [3.63, 3.8) is 0 Å². The van der Waals surface area contributed by atoms with Crippen molar-refractivity contribution >= 4 is 29.1 Å². The summed E-state index contributed by atoms with van der Waals surface area (Å²) >= 11 is 12.4. The fourth-order valence-corrected chi connectivity index (χ4v) is 4.64. The van der Waals surface area contributed by atoms with Gasteiger partial charge < -0.3 is 4.90 Å². The summed E-state index contributed by atoms with van der Waals surface area (Å²) in [5.74, 6) is 0.497. The third-order valence-electron chi connectivity index (χ3n) is 5.87. The number of nitrogens with zero attached hydrogens (tertiary/aromatic N) is 2. The second-order valence-corrected chi connectivity index (χ2v) is 8.76. The van der Waals surface area contributed by atoms with Crippen LogP contribution in [0.15, 0.2) is 48.5 Å². The Morgan fingerprint density at radius 3 is 2.43 bits per heavy atom. The number of halogens is 2. The zero-order valence-electron chi connectivity index (χ0n) is 15.5. The summed E-state index contributed by atoms with van der Waals surface area (Å²) in [6.07, 6.45) is 3.25. The summed E-state index contributed by atoms with van der Waals surface area (Å²) in [5, 5.41) is 10.6. The Hall–Kier alpha value is -2.02. The zero-order chi connectivity index (χ0) is 19.7. The molecule has 0 N–H and O–H groups in total. The molecule has 144 valence electrons. The van der Waals surface area contributed by atoms with Crippen LogP contribution >= 0.6 is 23.2 Å². The molecule has 2 aromatic rings. The highest BCUT2D eigenvalue weighted by Gasteiger charge is 2.44. The van der Waals surface area contributed by atoms with Crippen LogP contribution in [0.2, 0.25) is 10.0 Å². The van der Waals surface area contributed by atoms with Gasteiger partial charge in [0.05, 0.1) is 18.0 Å². The molecule has 0 aromatic heterocycles. The van der Waals surface area contributed by atoms with Crippen LogP contribution in [0.4, 0.5) is 0 Å². The van der Waals surface area contributed by atoms with Gasteiger partial charge in [-0.1, -0.05) is 47.5 Å². The van der Waals surface area contributed by atoms with E-state index in [1.165, 1.54) is 12.8 Å². The van der Waals surface area contributed by atoms with E-state index >= 15 is 0 Å². The summed E-state index contributed by atoms with van der Waals surface area (Å²) in [6, 6.07) is 17.8. The van der Waals surface area contributed by atoms with Crippen molar-refractivity contribution in [2.75, 3.05) is 6.54 Å². The molecule has 0 spiro atoms. The van der Waals surface area contributed by atoms with Gasteiger partial charge >= 0.3 is 0 Å². The van der Waals surface area contributed by atoms with Gasteiger partial charge in [-0.15, -0.1) is 0 Å². The van der Waals surface area contributed by atoms with E-state index < -0.39 is 0 Å². The molecular weight excluding hydrogens is 391 g/mol. The molecule has 1 aliphatic carbocycles. The van der Waals surface area contributed by atoms with Crippen molar-refractivity contribution in [3.05, 3.63) is 69.7 Å². The molecule has 0 radical (unpaired) electrons. The number of amides is 1. The Kier molecular flexibility index (Phi) is 5.62. The lowest BCUT2D eigenvalue weighted by molar-refractivity contribution is -0.143. The maximum absolute atomic E-state index is 13.3. The topological polar surface area (TPSA) is 44.1 Å². The fourth-order valence-electron chi connectivity index (χ4n) is 4.32. The van der Waals surface area contributed by atoms with Gasteiger partial charge in [0.25, 0.3) is 0 Å². The molecule has 2 fully saturated rings. The standard InChI is InChI=1S/C23H22Cl2N2O/c24-19-8-6-16(7-9-19)22-21(17-2-1-3-20(25)12-17)13-18(10-11-26)23(28)27(22)14-15-4-5-15/h1-3,6-9,12,15,18,21-22H,4-5,10,13-14H2/t18-,21?,22+/m0/s1. The highest BCUT2D eigenvalue weighted by atomic mass is 35.5. The number of hydrogen-bond donors (Lipinski definition) is 0. The van der Waals surface area contributed by atoms with E-state index in [4.69, 9.17) is 23.2 Å². The number of hydrogen-bond acceptors (Lipinski definition) is 2. The second-order valence-electron chi connectivity index (χ2n) is 7.89. The van der Waals surface area contributed by atoms with Crippen molar-refractivity contribution in [2.24, 2.45) is 11.8 Å². The number of rotatable bonds is 5. The molecule has 4 rings (SSSR count). The molecule has 1 aliphatic heterocycles. The van der Waals surface area contributed by atoms with Crippen LogP contribution < -0.4 is 0 Å². The SMILES string of the molecule is N#CC[C@H]1CC(c2cccc(Cl)c2)[C@@H](c2ccc(Cl)cc2)N(CC2CC2)C1=O. The Balaban J connectivity index is 1.79. The second kappa shape index (κ2) is 8.15. The van der Waals surface area contributed by atoms with Crippen LogP contribution in [0.3, 0.4) is 0 Å². The monoisotopic (exact) mass is 412 g/mol.